The molecule has 6 amide bonds. The lowest BCUT2D eigenvalue weighted by molar-refractivity contribution is 0.000592. The summed E-state index contributed by atoms with van der Waals surface area (Å²) in [4.78, 5) is 73.8. The summed E-state index contributed by atoms with van der Waals surface area (Å²) in [6, 6.07) is 46.5. The standard InChI is InChI=1S/C25H21F2N5O2.C24H26FN5O3.C24H27N5O3/c1-14-4-2-3-5-18(14)25(34)30-13-15-6-8-16(9-7-15)22-21(24(29)33)23(28)32(31-22)17-10-11-19(26)20(27)12-17;1-14-4-2-3-5-17(14)24(32)28-12-15-6-8-16(9-7-15)21-20(23(27)31)22(26)30(29-21)19-10-11-33-13-18(19)25;1-15-5-3-4-6-19(15)24(31)27-13-16-7-9-17(10-8-16)21-20(22(25)30)23(26-2)29(28-21)18-11-12-32-14-18/h2-12H,13,28H2,1H3,(H2,29,33)(H,30,34);2-9,18-19H,10-13,26H2,1H3,(H2,27,31)(H,28,32);3-10,18,26H,11-14H2,1-2H3,(H2,25,30)(H,27,31). The number of amides is 6. The second-order valence-electron chi connectivity index (χ2n) is 23.6. The van der Waals surface area contributed by atoms with Crippen LogP contribution >= 0.6 is 0 Å². The average molecular weight is 1350 g/mol. The van der Waals surface area contributed by atoms with Crippen molar-refractivity contribution < 1.29 is 51.4 Å². The van der Waals surface area contributed by atoms with Crippen LogP contribution in [0, 0.1) is 32.4 Å². The summed E-state index contributed by atoms with van der Waals surface area (Å²) in [6.45, 7) is 8.23. The maximum Gasteiger partial charge on any atom is 0.254 e. The van der Waals surface area contributed by atoms with Gasteiger partial charge in [0.25, 0.3) is 35.4 Å². The Morgan fingerprint density at radius 2 is 0.899 bits per heavy atom. The molecule has 5 heterocycles. The summed E-state index contributed by atoms with van der Waals surface area (Å²) in [5.74, 6) is -4.08. The molecule has 0 saturated carbocycles. The fourth-order valence-electron chi connectivity index (χ4n) is 11.5. The van der Waals surface area contributed by atoms with Crippen molar-refractivity contribution in [2.45, 2.75) is 71.5 Å². The van der Waals surface area contributed by atoms with Gasteiger partial charge < -0.3 is 59.4 Å². The Hall–Kier alpha value is -11.9. The Kier molecular flexibility index (Phi) is 22.1. The highest BCUT2D eigenvalue weighted by atomic mass is 19.2. The first-order chi connectivity index (χ1) is 47.6. The number of nitrogens with two attached hydrogens (primary N) is 5. The number of aromatic nitrogens is 6. The number of nitrogens with zero attached hydrogens (tertiary/aromatic N) is 6. The van der Waals surface area contributed by atoms with E-state index in [1.807, 2.05) is 112 Å². The first kappa shape index (κ1) is 69.9. The highest BCUT2D eigenvalue weighted by molar-refractivity contribution is 6.05. The topological polar surface area (TPSA) is 353 Å². The first-order valence-corrected chi connectivity index (χ1v) is 31.6. The van der Waals surface area contributed by atoms with Gasteiger partial charge in [0.15, 0.2) is 11.6 Å². The maximum atomic E-state index is 14.4. The number of halogens is 3. The zero-order chi connectivity index (χ0) is 70.6. The molecule has 14 N–H and O–H groups in total. The zero-order valence-electron chi connectivity index (χ0n) is 54.7. The quantitative estimate of drug-likeness (QED) is 0.0364. The number of carbonyl (C=O) groups is 6. The number of aryl methyl sites for hydroxylation is 3. The van der Waals surface area contributed by atoms with Gasteiger partial charge in [-0.1, -0.05) is 127 Å². The predicted octanol–water partition coefficient (Wildman–Crippen LogP) is 9.40. The highest BCUT2D eigenvalue weighted by Gasteiger charge is 2.33. The van der Waals surface area contributed by atoms with Gasteiger partial charge in [-0.3, -0.25) is 28.8 Å². The van der Waals surface area contributed by atoms with Crippen LogP contribution in [0.2, 0.25) is 0 Å². The van der Waals surface area contributed by atoms with Gasteiger partial charge in [0.1, 0.15) is 57.4 Å². The molecule has 2 aliphatic rings. The Bertz CT molecular complexity index is 4620. The number of hydrogen-bond acceptors (Lipinski definition) is 14. The third kappa shape index (κ3) is 16.0. The van der Waals surface area contributed by atoms with Gasteiger partial charge in [0.05, 0.1) is 31.0 Å². The molecule has 23 nitrogen and oxygen atoms in total. The molecule has 3 unspecified atom stereocenters. The Morgan fingerprint density at radius 3 is 1.30 bits per heavy atom. The van der Waals surface area contributed by atoms with Crippen LogP contribution in [-0.2, 0) is 29.1 Å². The van der Waals surface area contributed by atoms with Crippen molar-refractivity contribution in [2.75, 3.05) is 50.3 Å². The summed E-state index contributed by atoms with van der Waals surface area (Å²) < 4.78 is 56.4. The second-order valence-corrected chi connectivity index (χ2v) is 23.6. The van der Waals surface area contributed by atoms with Crippen molar-refractivity contribution in [3.63, 3.8) is 0 Å². The highest BCUT2D eigenvalue weighted by Crippen LogP contribution is 2.36. The lowest BCUT2D eigenvalue weighted by Gasteiger charge is -2.27. The Labute approximate surface area is 567 Å². The Balaban J connectivity index is 0.000000161. The number of alkyl halides is 1. The van der Waals surface area contributed by atoms with Crippen LogP contribution in [0.4, 0.5) is 30.6 Å². The van der Waals surface area contributed by atoms with Gasteiger partial charge in [0, 0.05) is 79.3 Å². The molecular formula is C73H74F3N15O8. The molecule has 3 aromatic heterocycles. The Morgan fingerprint density at radius 1 is 0.495 bits per heavy atom. The van der Waals surface area contributed by atoms with E-state index < -0.39 is 41.6 Å². The van der Waals surface area contributed by atoms with Crippen LogP contribution in [0.15, 0.2) is 164 Å². The predicted molar refractivity (Wildman–Crippen MR) is 369 cm³/mol. The summed E-state index contributed by atoms with van der Waals surface area (Å²) in [6.07, 6.45) is -0.0636. The maximum absolute atomic E-state index is 14.4. The van der Waals surface area contributed by atoms with E-state index in [0.29, 0.717) is 96.5 Å². The molecule has 12 rings (SSSR count). The fourth-order valence-corrected chi connectivity index (χ4v) is 11.5. The van der Waals surface area contributed by atoms with Crippen LogP contribution in [0.25, 0.3) is 39.5 Å². The minimum atomic E-state index is -1.28. The van der Waals surface area contributed by atoms with Crippen molar-refractivity contribution >= 4 is 52.9 Å². The van der Waals surface area contributed by atoms with Crippen molar-refractivity contribution in [1.82, 2.24) is 45.3 Å². The number of primary amides is 3. The number of ether oxygens (including phenoxy) is 2. The molecule has 2 saturated heterocycles. The van der Waals surface area contributed by atoms with E-state index in [-0.39, 0.29) is 64.5 Å². The molecule has 0 radical (unpaired) electrons. The molecule has 0 spiro atoms. The van der Waals surface area contributed by atoms with Crippen LogP contribution in [0.1, 0.15) is 120 Å². The van der Waals surface area contributed by atoms with Gasteiger partial charge in [-0.2, -0.15) is 15.3 Å². The molecule has 26 heteroatoms. The molecular weight excluding hydrogens is 1270 g/mol. The van der Waals surface area contributed by atoms with E-state index in [0.717, 1.165) is 62.2 Å². The van der Waals surface area contributed by atoms with Gasteiger partial charge in [-0.25, -0.2) is 27.2 Å². The smallest absolute Gasteiger partial charge is 0.254 e. The zero-order valence-corrected chi connectivity index (χ0v) is 54.7. The molecule has 0 bridgehead atoms. The summed E-state index contributed by atoms with van der Waals surface area (Å²) in [5.41, 5.74) is 39.8. The number of carbonyl (C=O) groups excluding carboxylic acids is 6. The van der Waals surface area contributed by atoms with Crippen molar-refractivity contribution in [2.24, 2.45) is 17.2 Å². The largest absolute Gasteiger partial charge is 0.383 e. The van der Waals surface area contributed by atoms with Gasteiger partial charge in [-0.15, -0.1) is 0 Å². The van der Waals surface area contributed by atoms with Crippen LogP contribution in [0.3, 0.4) is 0 Å². The number of rotatable bonds is 19. The summed E-state index contributed by atoms with van der Waals surface area (Å²) >= 11 is 0. The van der Waals surface area contributed by atoms with E-state index in [1.165, 1.54) is 10.7 Å². The van der Waals surface area contributed by atoms with Gasteiger partial charge >= 0.3 is 0 Å². The molecule has 2 fully saturated rings. The molecule has 10 aromatic rings. The number of nitrogen functional groups attached to an aromatic ring is 2. The molecule has 7 aromatic carbocycles. The summed E-state index contributed by atoms with van der Waals surface area (Å²) in [5, 5.41) is 25.3. The summed E-state index contributed by atoms with van der Waals surface area (Å²) in [7, 11) is 1.75. The van der Waals surface area contributed by atoms with Crippen LogP contribution in [-0.4, -0.2) is 104 Å². The second kappa shape index (κ2) is 31.3. The molecule has 3 atom stereocenters. The molecule has 510 valence electrons. The normalized spacial score (nSPS) is 14.8. The lowest BCUT2D eigenvalue weighted by Crippen LogP contribution is -2.32. The number of benzene rings is 7. The van der Waals surface area contributed by atoms with E-state index in [4.69, 9.17) is 43.2 Å². The third-order valence-corrected chi connectivity index (χ3v) is 16.9. The lowest BCUT2D eigenvalue weighted by atomic mass is 10.0. The number of anilines is 3. The van der Waals surface area contributed by atoms with E-state index >= 15 is 0 Å². The molecule has 0 aliphatic carbocycles. The number of nitrogens with one attached hydrogen (secondary N) is 4. The van der Waals surface area contributed by atoms with Gasteiger partial charge in [0.2, 0.25) is 0 Å². The average Bonchev–Trinajstić information content (AvgIpc) is 1.64. The third-order valence-electron chi connectivity index (χ3n) is 16.9. The van der Waals surface area contributed by atoms with E-state index in [9.17, 15) is 41.9 Å². The minimum absolute atomic E-state index is 0.0367. The first-order valence-electron chi connectivity index (χ1n) is 31.6. The SMILES string of the molecule is CNc1c(C(N)=O)c(-c2ccc(CNC(=O)c3ccccc3C)cc2)nn1C1CCOC1.Cc1ccccc1C(=O)NCc1ccc(-c2nn(-c3ccc(F)c(F)c3)c(N)c2C(N)=O)cc1.Cc1ccccc1C(=O)NCc1ccc(-c2nn(C3CCOCC3F)c(N)c2C(N)=O)cc1. The fraction of sp³-hybridized carbons (Fsp3) is 0.219. The number of hydrogen-bond donors (Lipinski definition) is 9. The molecule has 99 heavy (non-hydrogen) atoms. The van der Waals surface area contributed by atoms with Gasteiger partial charge in [-0.05, 0) is 97.3 Å². The van der Waals surface area contributed by atoms with E-state index in [2.05, 4.69) is 31.5 Å². The molecule has 2 aliphatic heterocycles. The van der Waals surface area contributed by atoms with Crippen LogP contribution in [0.5, 0.6) is 0 Å². The van der Waals surface area contributed by atoms with E-state index in [1.54, 1.807) is 66.3 Å². The monoisotopic (exact) mass is 1350 g/mol. The minimum Gasteiger partial charge on any atom is -0.383 e. The van der Waals surface area contributed by atoms with Crippen molar-refractivity contribution in [1.29, 1.82) is 0 Å². The van der Waals surface area contributed by atoms with Crippen LogP contribution < -0.4 is 49.9 Å². The van der Waals surface area contributed by atoms with Crippen molar-refractivity contribution in [3.05, 3.63) is 242 Å². The van der Waals surface area contributed by atoms with Crippen molar-refractivity contribution in [3.8, 4) is 39.5 Å².